The Balaban J connectivity index is 2.78. The van der Waals surface area contributed by atoms with Gasteiger partial charge in [-0.05, 0) is 37.5 Å². The third-order valence-electron chi connectivity index (χ3n) is 2.65. The number of benzene rings is 1. The molecule has 1 unspecified atom stereocenters. The van der Waals surface area contributed by atoms with Gasteiger partial charge < -0.3 is 10.5 Å². The molecule has 0 aromatic heterocycles. The van der Waals surface area contributed by atoms with Crippen LogP contribution in [0, 0.1) is 5.82 Å². The SMILES string of the molecule is CCCC(C)(N)Cc1ccc(OC)c(F)c1. The average Bonchev–Trinajstić information content (AvgIpc) is 2.17. The van der Waals surface area contributed by atoms with Crippen molar-refractivity contribution in [2.45, 2.75) is 38.6 Å². The summed E-state index contributed by atoms with van der Waals surface area (Å²) in [6, 6.07) is 5.01. The van der Waals surface area contributed by atoms with Crippen LogP contribution in [0.3, 0.4) is 0 Å². The lowest BCUT2D eigenvalue weighted by Gasteiger charge is -2.24. The standard InChI is InChI=1S/C13H20FNO/c1-4-7-13(2,15)9-10-5-6-12(16-3)11(14)8-10/h5-6,8H,4,7,9,15H2,1-3H3. The van der Waals surface area contributed by atoms with Crippen molar-refractivity contribution in [3.05, 3.63) is 29.6 Å². The van der Waals surface area contributed by atoms with Crippen LogP contribution < -0.4 is 10.5 Å². The maximum absolute atomic E-state index is 13.4. The lowest BCUT2D eigenvalue weighted by atomic mass is 9.89. The second-order valence-electron chi connectivity index (χ2n) is 4.55. The fraction of sp³-hybridized carbons (Fsp3) is 0.538. The molecule has 2 nitrogen and oxygen atoms in total. The van der Waals surface area contributed by atoms with E-state index in [0.29, 0.717) is 6.42 Å². The zero-order chi connectivity index (χ0) is 12.2. The zero-order valence-electron chi connectivity index (χ0n) is 10.2. The first-order valence-corrected chi connectivity index (χ1v) is 5.60. The number of rotatable bonds is 5. The van der Waals surface area contributed by atoms with E-state index in [9.17, 15) is 4.39 Å². The van der Waals surface area contributed by atoms with Crippen LogP contribution in [-0.4, -0.2) is 12.6 Å². The van der Waals surface area contributed by atoms with E-state index in [1.165, 1.54) is 13.2 Å². The minimum atomic E-state index is -0.327. The maximum Gasteiger partial charge on any atom is 0.165 e. The van der Waals surface area contributed by atoms with Crippen molar-refractivity contribution in [1.82, 2.24) is 0 Å². The van der Waals surface area contributed by atoms with Crippen molar-refractivity contribution in [1.29, 1.82) is 0 Å². The Morgan fingerprint density at radius 1 is 1.44 bits per heavy atom. The van der Waals surface area contributed by atoms with Gasteiger partial charge in [0, 0.05) is 5.54 Å². The number of halogens is 1. The number of ether oxygens (including phenoxy) is 1. The minimum absolute atomic E-state index is 0.268. The van der Waals surface area contributed by atoms with Gasteiger partial charge in [-0.15, -0.1) is 0 Å². The lowest BCUT2D eigenvalue weighted by molar-refractivity contribution is 0.384. The highest BCUT2D eigenvalue weighted by molar-refractivity contribution is 5.30. The number of methoxy groups -OCH3 is 1. The topological polar surface area (TPSA) is 35.2 Å². The lowest BCUT2D eigenvalue weighted by Crippen LogP contribution is -2.38. The van der Waals surface area contributed by atoms with Crippen LogP contribution in [0.15, 0.2) is 18.2 Å². The highest BCUT2D eigenvalue weighted by Gasteiger charge is 2.18. The molecule has 1 rings (SSSR count). The Morgan fingerprint density at radius 3 is 2.62 bits per heavy atom. The van der Waals surface area contributed by atoms with E-state index in [1.807, 2.05) is 13.0 Å². The van der Waals surface area contributed by atoms with E-state index in [-0.39, 0.29) is 17.1 Å². The van der Waals surface area contributed by atoms with Crippen LogP contribution in [0.4, 0.5) is 4.39 Å². The molecular formula is C13H20FNO. The van der Waals surface area contributed by atoms with Gasteiger partial charge in [-0.1, -0.05) is 19.4 Å². The highest BCUT2D eigenvalue weighted by atomic mass is 19.1. The molecule has 16 heavy (non-hydrogen) atoms. The molecule has 1 aromatic carbocycles. The number of hydrogen-bond donors (Lipinski definition) is 1. The smallest absolute Gasteiger partial charge is 0.165 e. The Hall–Kier alpha value is -1.09. The van der Waals surface area contributed by atoms with Crippen LogP contribution in [0.25, 0.3) is 0 Å². The molecule has 0 heterocycles. The third kappa shape index (κ3) is 3.49. The molecule has 2 N–H and O–H groups in total. The molecule has 90 valence electrons. The molecule has 1 aromatic rings. The molecule has 0 fully saturated rings. The summed E-state index contributed by atoms with van der Waals surface area (Å²) < 4.78 is 18.3. The van der Waals surface area contributed by atoms with E-state index < -0.39 is 0 Å². The first kappa shape index (κ1) is 13.0. The minimum Gasteiger partial charge on any atom is -0.494 e. The predicted octanol–water partition coefficient (Wildman–Crippen LogP) is 2.89. The summed E-state index contributed by atoms with van der Waals surface area (Å²) in [5.41, 5.74) is 6.77. The van der Waals surface area contributed by atoms with Gasteiger partial charge in [0.2, 0.25) is 0 Å². The number of hydrogen-bond acceptors (Lipinski definition) is 2. The first-order chi connectivity index (χ1) is 7.48. The van der Waals surface area contributed by atoms with Gasteiger partial charge >= 0.3 is 0 Å². The van der Waals surface area contributed by atoms with Crippen LogP contribution in [0.1, 0.15) is 32.3 Å². The first-order valence-electron chi connectivity index (χ1n) is 5.60. The summed E-state index contributed by atoms with van der Waals surface area (Å²) in [5.74, 6) is -0.0507. The van der Waals surface area contributed by atoms with Crippen molar-refractivity contribution in [3.63, 3.8) is 0 Å². The van der Waals surface area contributed by atoms with Crippen LogP contribution >= 0.6 is 0 Å². The van der Waals surface area contributed by atoms with Crippen LogP contribution in [0.5, 0.6) is 5.75 Å². The second-order valence-corrected chi connectivity index (χ2v) is 4.55. The summed E-state index contributed by atoms with van der Waals surface area (Å²) >= 11 is 0. The highest BCUT2D eigenvalue weighted by Crippen LogP contribution is 2.21. The normalized spacial score (nSPS) is 14.6. The molecule has 0 aliphatic carbocycles. The van der Waals surface area contributed by atoms with Crippen molar-refractivity contribution in [3.8, 4) is 5.75 Å². The molecule has 0 amide bonds. The second kappa shape index (κ2) is 5.30. The Morgan fingerprint density at radius 2 is 2.12 bits per heavy atom. The summed E-state index contributed by atoms with van der Waals surface area (Å²) in [6.07, 6.45) is 2.65. The maximum atomic E-state index is 13.4. The van der Waals surface area contributed by atoms with E-state index in [4.69, 9.17) is 10.5 Å². The van der Waals surface area contributed by atoms with Crippen molar-refractivity contribution in [2.75, 3.05) is 7.11 Å². The van der Waals surface area contributed by atoms with Gasteiger partial charge in [-0.2, -0.15) is 0 Å². The molecular weight excluding hydrogens is 205 g/mol. The van der Waals surface area contributed by atoms with Crippen molar-refractivity contribution >= 4 is 0 Å². The molecule has 0 saturated heterocycles. The summed E-state index contributed by atoms with van der Waals surface area (Å²) in [5, 5.41) is 0. The van der Waals surface area contributed by atoms with Gasteiger partial charge in [0.25, 0.3) is 0 Å². The molecule has 0 spiro atoms. The van der Waals surface area contributed by atoms with Gasteiger partial charge in [0.15, 0.2) is 11.6 Å². The van der Waals surface area contributed by atoms with E-state index in [0.717, 1.165) is 18.4 Å². The third-order valence-corrected chi connectivity index (χ3v) is 2.65. The quantitative estimate of drug-likeness (QED) is 0.836. The largest absolute Gasteiger partial charge is 0.494 e. The summed E-state index contributed by atoms with van der Waals surface area (Å²) in [6.45, 7) is 4.10. The molecule has 1 atom stereocenters. The molecule has 0 saturated carbocycles. The van der Waals surface area contributed by atoms with Crippen LogP contribution in [0.2, 0.25) is 0 Å². The Bertz CT molecular complexity index is 350. The molecule has 0 aliphatic rings. The molecule has 0 bridgehead atoms. The monoisotopic (exact) mass is 225 g/mol. The Labute approximate surface area is 96.6 Å². The van der Waals surface area contributed by atoms with Gasteiger partial charge in [-0.3, -0.25) is 0 Å². The van der Waals surface area contributed by atoms with E-state index >= 15 is 0 Å². The van der Waals surface area contributed by atoms with Crippen LogP contribution in [-0.2, 0) is 6.42 Å². The fourth-order valence-corrected chi connectivity index (χ4v) is 1.95. The summed E-state index contributed by atoms with van der Waals surface area (Å²) in [4.78, 5) is 0. The zero-order valence-corrected chi connectivity index (χ0v) is 10.2. The van der Waals surface area contributed by atoms with Gasteiger partial charge in [0.1, 0.15) is 0 Å². The van der Waals surface area contributed by atoms with E-state index in [1.54, 1.807) is 6.07 Å². The van der Waals surface area contributed by atoms with E-state index in [2.05, 4.69) is 6.92 Å². The Kier molecular flexibility index (Phi) is 4.30. The van der Waals surface area contributed by atoms with Gasteiger partial charge in [-0.25, -0.2) is 4.39 Å². The summed E-state index contributed by atoms with van der Waals surface area (Å²) in [7, 11) is 1.46. The van der Waals surface area contributed by atoms with Crippen molar-refractivity contribution in [2.24, 2.45) is 5.73 Å². The van der Waals surface area contributed by atoms with Crippen molar-refractivity contribution < 1.29 is 9.13 Å². The predicted molar refractivity (Wildman–Crippen MR) is 64.2 cm³/mol. The average molecular weight is 225 g/mol. The fourth-order valence-electron chi connectivity index (χ4n) is 1.95. The number of nitrogens with two attached hydrogens (primary N) is 1. The molecule has 0 radical (unpaired) electrons. The molecule has 0 aliphatic heterocycles. The van der Waals surface area contributed by atoms with Gasteiger partial charge in [0.05, 0.1) is 7.11 Å². The molecule has 3 heteroatoms.